The number of aliphatic carboxylic acids is 1. The Morgan fingerprint density at radius 3 is 2.76 bits per heavy atom. The predicted molar refractivity (Wildman–Crippen MR) is 62.6 cm³/mol. The van der Waals surface area contributed by atoms with E-state index in [1.165, 1.54) is 0 Å². The first-order valence-corrected chi connectivity index (χ1v) is 5.23. The van der Waals surface area contributed by atoms with Gasteiger partial charge in [0.2, 0.25) is 5.95 Å². The van der Waals surface area contributed by atoms with Crippen molar-refractivity contribution in [2.24, 2.45) is 5.92 Å². The summed E-state index contributed by atoms with van der Waals surface area (Å²) in [5.41, 5.74) is 1.44. The average Bonchev–Trinajstić information content (AvgIpc) is 2.35. The van der Waals surface area contributed by atoms with Crippen molar-refractivity contribution >= 4 is 23.0 Å². The van der Waals surface area contributed by atoms with Crippen LogP contribution < -0.4 is 5.32 Å². The molecule has 6 heteroatoms. The number of carboxylic acids is 1. The maximum absolute atomic E-state index is 10.6. The largest absolute Gasteiger partial charge is 0.481 e. The SMILES string of the molecule is CC(CNc1nnc2ccccc2n1)C(=O)O. The lowest BCUT2D eigenvalue weighted by Crippen LogP contribution is -2.20. The van der Waals surface area contributed by atoms with Gasteiger partial charge in [-0.05, 0) is 12.1 Å². The van der Waals surface area contributed by atoms with E-state index in [1.807, 2.05) is 24.3 Å². The molecule has 0 saturated heterocycles. The van der Waals surface area contributed by atoms with Gasteiger partial charge in [-0.25, -0.2) is 4.98 Å². The van der Waals surface area contributed by atoms with Gasteiger partial charge in [0.05, 0.1) is 11.4 Å². The molecule has 2 aromatic rings. The number of benzene rings is 1. The van der Waals surface area contributed by atoms with Crippen molar-refractivity contribution in [1.29, 1.82) is 0 Å². The van der Waals surface area contributed by atoms with E-state index in [-0.39, 0.29) is 6.54 Å². The first-order chi connectivity index (χ1) is 8.16. The highest BCUT2D eigenvalue weighted by Crippen LogP contribution is 2.09. The molecule has 0 fully saturated rings. The molecular formula is C11H12N4O2. The zero-order chi connectivity index (χ0) is 12.3. The van der Waals surface area contributed by atoms with Crippen molar-refractivity contribution in [3.05, 3.63) is 24.3 Å². The van der Waals surface area contributed by atoms with E-state index in [0.717, 1.165) is 5.52 Å². The Kier molecular flexibility index (Phi) is 3.13. The third kappa shape index (κ3) is 2.66. The fraction of sp³-hybridized carbons (Fsp3) is 0.273. The Morgan fingerprint density at radius 2 is 2.06 bits per heavy atom. The fourth-order valence-electron chi connectivity index (χ4n) is 1.29. The zero-order valence-electron chi connectivity index (χ0n) is 9.29. The first kappa shape index (κ1) is 11.3. The second-order valence-corrected chi connectivity index (χ2v) is 3.74. The van der Waals surface area contributed by atoms with Gasteiger partial charge in [-0.3, -0.25) is 4.79 Å². The third-order valence-electron chi connectivity index (χ3n) is 2.35. The van der Waals surface area contributed by atoms with Crippen LogP contribution in [0.3, 0.4) is 0 Å². The van der Waals surface area contributed by atoms with Crippen LogP contribution in [0, 0.1) is 5.92 Å². The standard InChI is InChI=1S/C11H12N4O2/c1-7(10(16)17)6-12-11-13-8-4-2-3-5-9(8)14-15-11/h2-5,7H,6H2,1H3,(H,16,17)(H,12,13,15). The van der Waals surface area contributed by atoms with Crippen LogP contribution in [0.1, 0.15) is 6.92 Å². The number of hydrogen-bond donors (Lipinski definition) is 2. The predicted octanol–water partition coefficient (Wildman–Crippen LogP) is 1.16. The summed E-state index contributed by atoms with van der Waals surface area (Å²) in [7, 11) is 0. The van der Waals surface area contributed by atoms with E-state index in [9.17, 15) is 4.79 Å². The van der Waals surface area contributed by atoms with Crippen LogP contribution in [0.15, 0.2) is 24.3 Å². The van der Waals surface area contributed by atoms with E-state index in [1.54, 1.807) is 6.92 Å². The fourth-order valence-corrected chi connectivity index (χ4v) is 1.29. The molecule has 2 rings (SSSR count). The highest BCUT2D eigenvalue weighted by atomic mass is 16.4. The van der Waals surface area contributed by atoms with E-state index >= 15 is 0 Å². The molecule has 0 amide bonds. The van der Waals surface area contributed by atoms with Gasteiger partial charge in [-0.2, -0.15) is 0 Å². The molecule has 1 aromatic heterocycles. The van der Waals surface area contributed by atoms with Crippen LogP contribution in [0.25, 0.3) is 11.0 Å². The molecular weight excluding hydrogens is 220 g/mol. The Bertz CT molecular complexity index is 544. The van der Waals surface area contributed by atoms with Gasteiger partial charge < -0.3 is 10.4 Å². The van der Waals surface area contributed by atoms with E-state index in [0.29, 0.717) is 11.5 Å². The first-order valence-electron chi connectivity index (χ1n) is 5.23. The molecule has 6 nitrogen and oxygen atoms in total. The number of hydrogen-bond acceptors (Lipinski definition) is 5. The normalized spacial score (nSPS) is 12.3. The smallest absolute Gasteiger partial charge is 0.308 e. The van der Waals surface area contributed by atoms with Gasteiger partial charge in [-0.1, -0.05) is 19.1 Å². The van der Waals surface area contributed by atoms with Crippen LogP contribution in [-0.2, 0) is 4.79 Å². The van der Waals surface area contributed by atoms with Crippen molar-refractivity contribution in [2.45, 2.75) is 6.92 Å². The summed E-state index contributed by atoms with van der Waals surface area (Å²) in [5, 5.41) is 19.4. The lowest BCUT2D eigenvalue weighted by Gasteiger charge is -2.07. The molecule has 0 aliphatic rings. The Labute approximate surface area is 97.7 Å². The number of anilines is 1. The number of aromatic nitrogens is 3. The molecule has 0 aliphatic carbocycles. The summed E-state index contributed by atoms with van der Waals surface area (Å²) >= 11 is 0. The minimum absolute atomic E-state index is 0.273. The number of nitrogens with one attached hydrogen (secondary N) is 1. The molecule has 0 bridgehead atoms. The molecule has 88 valence electrons. The monoisotopic (exact) mass is 232 g/mol. The second kappa shape index (κ2) is 4.73. The lowest BCUT2D eigenvalue weighted by atomic mass is 10.2. The summed E-state index contributed by atoms with van der Waals surface area (Å²) in [4.78, 5) is 14.9. The van der Waals surface area contributed by atoms with Gasteiger partial charge >= 0.3 is 5.97 Å². The Morgan fingerprint density at radius 1 is 1.35 bits per heavy atom. The van der Waals surface area contributed by atoms with Crippen LogP contribution >= 0.6 is 0 Å². The maximum Gasteiger partial charge on any atom is 0.308 e. The van der Waals surface area contributed by atoms with Crippen LogP contribution in [0.4, 0.5) is 5.95 Å². The number of carboxylic acid groups (broad SMARTS) is 1. The highest BCUT2D eigenvalue weighted by Gasteiger charge is 2.11. The zero-order valence-corrected chi connectivity index (χ0v) is 9.29. The molecule has 2 N–H and O–H groups in total. The van der Waals surface area contributed by atoms with Crippen LogP contribution in [-0.4, -0.2) is 32.8 Å². The van der Waals surface area contributed by atoms with Crippen molar-refractivity contribution in [3.63, 3.8) is 0 Å². The number of carbonyl (C=O) groups is 1. The van der Waals surface area contributed by atoms with Gasteiger partial charge in [-0.15, -0.1) is 10.2 Å². The minimum atomic E-state index is -0.855. The number of para-hydroxylation sites is 1. The number of nitrogens with zero attached hydrogens (tertiary/aromatic N) is 3. The van der Waals surface area contributed by atoms with Gasteiger partial charge in [0.25, 0.3) is 0 Å². The second-order valence-electron chi connectivity index (χ2n) is 3.74. The van der Waals surface area contributed by atoms with E-state index in [4.69, 9.17) is 5.11 Å². The quantitative estimate of drug-likeness (QED) is 0.822. The maximum atomic E-state index is 10.6. The van der Waals surface area contributed by atoms with Gasteiger partial charge in [0, 0.05) is 6.54 Å². The lowest BCUT2D eigenvalue weighted by molar-refractivity contribution is -0.140. The van der Waals surface area contributed by atoms with Crippen molar-refractivity contribution in [1.82, 2.24) is 15.2 Å². The number of fused-ring (bicyclic) bond motifs is 1. The molecule has 1 heterocycles. The molecule has 1 atom stereocenters. The van der Waals surface area contributed by atoms with Gasteiger partial charge in [0.15, 0.2) is 0 Å². The van der Waals surface area contributed by atoms with Crippen molar-refractivity contribution < 1.29 is 9.90 Å². The minimum Gasteiger partial charge on any atom is -0.481 e. The summed E-state index contributed by atoms with van der Waals surface area (Å²) in [5.74, 6) is -1.01. The van der Waals surface area contributed by atoms with Crippen molar-refractivity contribution in [3.8, 4) is 0 Å². The number of rotatable bonds is 4. The molecule has 0 spiro atoms. The highest BCUT2D eigenvalue weighted by molar-refractivity contribution is 5.74. The summed E-state index contributed by atoms with van der Waals surface area (Å²) in [6.07, 6.45) is 0. The van der Waals surface area contributed by atoms with E-state index in [2.05, 4.69) is 20.5 Å². The topological polar surface area (TPSA) is 88.0 Å². The molecule has 1 aromatic carbocycles. The Balaban J connectivity index is 2.12. The van der Waals surface area contributed by atoms with E-state index < -0.39 is 11.9 Å². The molecule has 0 aliphatic heterocycles. The average molecular weight is 232 g/mol. The molecule has 0 saturated carbocycles. The molecule has 0 radical (unpaired) electrons. The molecule has 17 heavy (non-hydrogen) atoms. The van der Waals surface area contributed by atoms with Crippen molar-refractivity contribution in [2.75, 3.05) is 11.9 Å². The van der Waals surface area contributed by atoms with Crippen LogP contribution in [0.5, 0.6) is 0 Å². The van der Waals surface area contributed by atoms with Crippen LogP contribution in [0.2, 0.25) is 0 Å². The summed E-state index contributed by atoms with van der Waals surface area (Å²) < 4.78 is 0. The van der Waals surface area contributed by atoms with Gasteiger partial charge in [0.1, 0.15) is 5.52 Å². The summed E-state index contributed by atoms with van der Waals surface area (Å²) in [6, 6.07) is 7.37. The third-order valence-corrected chi connectivity index (χ3v) is 2.35. The summed E-state index contributed by atoms with van der Waals surface area (Å²) in [6.45, 7) is 1.89. The Hall–Kier alpha value is -2.24. The molecule has 1 unspecified atom stereocenters.